The van der Waals surface area contributed by atoms with Gasteiger partial charge in [-0.25, -0.2) is 4.79 Å². The van der Waals surface area contributed by atoms with E-state index in [1.807, 2.05) is 6.92 Å². The zero-order chi connectivity index (χ0) is 13.8. The van der Waals surface area contributed by atoms with E-state index in [4.69, 9.17) is 4.74 Å². The van der Waals surface area contributed by atoms with Gasteiger partial charge in [0.2, 0.25) is 5.91 Å². The summed E-state index contributed by atoms with van der Waals surface area (Å²) in [5.74, 6) is -1.30. The summed E-state index contributed by atoms with van der Waals surface area (Å²) in [5, 5.41) is 12.4. The van der Waals surface area contributed by atoms with Crippen LogP contribution in [0.5, 0.6) is 0 Å². The van der Waals surface area contributed by atoms with Crippen molar-refractivity contribution in [3.05, 3.63) is 12.2 Å². The number of ether oxygens (including phenoxy) is 2. The van der Waals surface area contributed by atoms with Crippen molar-refractivity contribution in [3.63, 3.8) is 0 Å². The van der Waals surface area contributed by atoms with Crippen molar-refractivity contribution in [3.8, 4) is 0 Å². The maximum absolute atomic E-state index is 11.8. The number of methoxy groups -OCH3 is 1. The molecule has 0 spiro atoms. The van der Waals surface area contributed by atoms with Crippen LogP contribution in [0.25, 0.3) is 0 Å². The molecule has 0 aliphatic carbocycles. The van der Waals surface area contributed by atoms with Gasteiger partial charge < -0.3 is 19.9 Å². The lowest BCUT2D eigenvalue weighted by molar-refractivity contribution is -0.156. The predicted molar refractivity (Wildman–Crippen MR) is 63.8 cm³/mol. The lowest BCUT2D eigenvalue weighted by Crippen LogP contribution is -2.59. The molecule has 0 radical (unpaired) electrons. The normalized spacial score (nSPS) is 27.2. The molecule has 6 nitrogen and oxygen atoms in total. The number of nitrogens with one attached hydrogen (secondary N) is 1. The highest BCUT2D eigenvalue weighted by Gasteiger charge is 2.55. The Bertz CT molecular complexity index is 354. The Labute approximate surface area is 106 Å². The molecule has 2 N–H and O–H groups in total. The molecule has 1 aliphatic rings. The van der Waals surface area contributed by atoms with Crippen LogP contribution in [0.15, 0.2) is 12.2 Å². The second-order valence-corrected chi connectivity index (χ2v) is 4.25. The average Bonchev–Trinajstić information content (AvgIpc) is 2.59. The Balaban J connectivity index is 2.81. The van der Waals surface area contributed by atoms with Crippen molar-refractivity contribution in [2.24, 2.45) is 0 Å². The molecule has 0 aromatic rings. The third-order valence-electron chi connectivity index (χ3n) is 2.95. The molecule has 0 unspecified atom stereocenters. The number of rotatable bonds is 6. The molecule has 1 fully saturated rings. The van der Waals surface area contributed by atoms with Crippen molar-refractivity contribution < 1.29 is 24.2 Å². The number of carbonyl (C=O) groups excluding carboxylic acids is 2. The average molecular weight is 257 g/mol. The minimum Gasteiger partial charge on any atom is -0.467 e. The van der Waals surface area contributed by atoms with Crippen LogP contribution in [0.4, 0.5) is 0 Å². The Hall–Kier alpha value is -1.40. The fraction of sp³-hybridized carbons (Fsp3) is 0.667. The van der Waals surface area contributed by atoms with Crippen molar-refractivity contribution in [1.29, 1.82) is 0 Å². The van der Waals surface area contributed by atoms with E-state index in [0.29, 0.717) is 6.61 Å². The molecule has 2 atom stereocenters. The van der Waals surface area contributed by atoms with Crippen LogP contribution < -0.4 is 5.32 Å². The lowest BCUT2D eigenvalue weighted by Gasteiger charge is -2.28. The van der Waals surface area contributed by atoms with Gasteiger partial charge in [-0.05, 0) is 6.42 Å². The zero-order valence-corrected chi connectivity index (χ0v) is 10.7. The Morgan fingerprint density at radius 2 is 2.28 bits per heavy atom. The van der Waals surface area contributed by atoms with E-state index in [2.05, 4.69) is 16.6 Å². The van der Waals surface area contributed by atoms with Crippen LogP contribution in [0.2, 0.25) is 0 Å². The second kappa shape index (κ2) is 5.97. The monoisotopic (exact) mass is 257 g/mol. The van der Waals surface area contributed by atoms with Gasteiger partial charge in [0.25, 0.3) is 0 Å². The standard InChI is InChI=1S/C12H19NO5/c1-4-5-6-18-7-12(11(16)17-3)9(14)8(2)10(15)13-12/h9,14H,2,4-7H2,1,3H3,(H,13,15)/t9-,12+/m0/s1. The molecule has 0 aromatic heterocycles. The highest BCUT2D eigenvalue weighted by atomic mass is 16.5. The molecule has 18 heavy (non-hydrogen) atoms. The predicted octanol–water partition coefficient (Wildman–Crippen LogP) is -0.238. The van der Waals surface area contributed by atoms with Crippen molar-refractivity contribution >= 4 is 11.9 Å². The summed E-state index contributed by atoms with van der Waals surface area (Å²) in [6.07, 6.45) is 0.453. The summed E-state index contributed by atoms with van der Waals surface area (Å²) in [6, 6.07) is 0. The van der Waals surface area contributed by atoms with Crippen molar-refractivity contribution in [2.75, 3.05) is 20.3 Å². The number of aliphatic hydroxyl groups is 1. The Kier molecular flexibility index (Phi) is 4.86. The number of carbonyl (C=O) groups is 2. The molecule has 6 heteroatoms. The maximum atomic E-state index is 11.8. The van der Waals surface area contributed by atoms with Crippen LogP contribution in [-0.4, -0.2) is 48.9 Å². The van der Waals surface area contributed by atoms with Gasteiger partial charge in [-0.2, -0.15) is 0 Å². The summed E-state index contributed by atoms with van der Waals surface area (Å²) in [4.78, 5) is 23.3. The number of hydrogen-bond acceptors (Lipinski definition) is 5. The van der Waals surface area contributed by atoms with Crippen LogP contribution >= 0.6 is 0 Å². The highest BCUT2D eigenvalue weighted by Crippen LogP contribution is 2.26. The summed E-state index contributed by atoms with van der Waals surface area (Å²) >= 11 is 0. The van der Waals surface area contributed by atoms with Crippen LogP contribution in [0.1, 0.15) is 19.8 Å². The highest BCUT2D eigenvalue weighted by molar-refractivity contribution is 6.04. The van der Waals surface area contributed by atoms with E-state index in [0.717, 1.165) is 12.8 Å². The number of amides is 1. The molecule has 1 aliphatic heterocycles. The van der Waals surface area contributed by atoms with E-state index in [1.54, 1.807) is 0 Å². The van der Waals surface area contributed by atoms with Gasteiger partial charge in [0.05, 0.1) is 13.7 Å². The van der Waals surface area contributed by atoms with Crippen LogP contribution in [0, 0.1) is 0 Å². The van der Waals surface area contributed by atoms with Gasteiger partial charge in [0.15, 0.2) is 5.54 Å². The van der Waals surface area contributed by atoms with E-state index >= 15 is 0 Å². The summed E-state index contributed by atoms with van der Waals surface area (Å²) in [7, 11) is 1.19. The lowest BCUT2D eigenvalue weighted by atomic mass is 9.93. The van der Waals surface area contributed by atoms with Gasteiger partial charge in [-0.1, -0.05) is 19.9 Å². The summed E-state index contributed by atoms with van der Waals surface area (Å²) < 4.78 is 9.96. The molecule has 0 aromatic carbocycles. The van der Waals surface area contributed by atoms with Gasteiger partial charge in [-0.15, -0.1) is 0 Å². The second-order valence-electron chi connectivity index (χ2n) is 4.25. The van der Waals surface area contributed by atoms with Crippen molar-refractivity contribution in [2.45, 2.75) is 31.4 Å². The first kappa shape index (κ1) is 14.7. The van der Waals surface area contributed by atoms with Crippen LogP contribution in [-0.2, 0) is 19.1 Å². The number of aliphatic hydroxyl groups excluding tert-OH is 1. The number of hydrogen-bond donors (Lipinski definition) is 2. The molecular formula is C12H19NO5. The fourth-order valence-corrected chi connectivity index (χ4v) is 1.77. The Morgan fingerprint density at radius 3 is 2.72 bits per heavy atom. The first-order valence-corrected chi connectivity index (χ1v) is 5.85. The molecule has 102 valence electrons. The first-order valence-electron chi connectivity index (χ1n) is 5.85. The molecular weight excluding hydrogens is 238 g/mol. The zero-order valence-electron chi connectivity index (χ0n) is 10.7. The maximum Gasteiger partial charge on any atom is 0.337 e. The topological polar surface area (TPSA) is 84.9 Å². The summed E-state index contributed by atoms with van der Waals surface area (Å²) in [6.45, 7) is 5.77. The first-order chi connectivity index (χ1) is 8.49. The quantitative estimate of drug-likeness (QED) is 0.390. The van der Waals surface area contributed by atoms with E-state index in [-0.39, 0.29) is 12.2 Å². The summed E-state index contributed by atoms with van der Waals surface area (Å²) in [5.41, 5.74) is -1.63. The third kappa shape index (κ3) is 2.54. The minimum atomic E-state index is -1.57. The smallest absolute Gasteiger partial charge is 0.337 e. The van der Waals surface area contributed by atoms with Crippen LogP contribution in [0.3, 0.4) is 0 Å². The Morgan fingerprint density at radius 1 is 1.61 bits per heavy atom. The van der Waals surface area contributed by atoms with E-state index < -0.39 is 23.5 Å². The molecule has 1 saturated heterocycles. The van der Waals surface area contributed by atoms with E-state index in [1.165, 1.54) is 7.11 Å². The SMILES string of the molecule is C=C1C(=O)N[C@@](COCCCC)(C(=O)OC)[C@H]1O. The van der Waals surface area contributed by atoms with Gasteiger partial charge in [-0.3, -0.25) is 4.79 Å². The molecule has 1 rings (SSSR count). The van der Waals surface area contributed by atoms with Gasteiger partial charge in [0, 0.05) is 12.2 Å². The number of esters is 1. The largest absolute Gasteiger partial charge is 0.467 e. The third-order valence-corrected chi connectivity index (χ3v) is 2.95. The molecule has 0 saturated carbocycles. The molecule has 1 amide bonds. The minimum absolute atomic E-state index is 0.0560. The van der Waals surface area contributed by atoms with Gasteiger partial charge in [0.1, 0.15) is 6.10 Å². The number of unbranched alkanes of at least 4 members (excludes halogenated alkanes) is 1. The van der Waals surface area contributed by atoms with Gasteiger partial charge >= 0.3 is 5.97 Å². The van der Waals surface area contributed by atoms with E-state index in [9.17, 15) is 14.7 Å². The molecule has 0 bridgehead atoms. The fourth-order valence-electron chi connectivity index (χ4n) is 1.77. The molecule has 1 heterocycles. The van der Waals surface area contributed by atoms with Crippen molar-refractivity contribution in [1.82, 2.24) is 5.32 Å².